The highest BCUT2D eigenvalue weighted by Crippen LogP contribution is 2.13. The molecule has 1 N–H and O–H groups in total. The van der Waals surface area contributed by atoms with E-state index in [0.717, 1.165) is 17.7 Å². The average molecular weight is 273 g/mol. The minimum Gasteiger partial charge on any atom is -0.494 e. The summed E-state index contributed by atoms with van der Waals surface area (Å²) in [5.74, 6) is 0.857. The van der Waals surface area contributed by atoms with Crippen LogP contribution in [0.1, 0.15) is 18.9 Å². The second kappa shape index (κ2) is 9.69. The quantitative estimate of drug-likeness (QED) is 0.665. The fraction of sp³-hybridized carbons (Fsp3) is 0.571. The number of rotatable bonds is 10. The van der Waals surface area contributed by atoms with Gasteiger partial charge in [0.2, 0.25) is 0 Å². The van der Waals surface area contributed by atoms with Crippen LogP contribution >= 0.6 is 0 Å². The van der Waals surface area contributed by atoms with Gasteiger partial charge in [-0.2, -0.15) is 0 Å². The van der Waals surface area contributed by atoms with Gasteiger partial charge in [-0.3, -0.25) is 0 Å². The van der Waals surface area contributed by atoms with Crippen molar-refractivity contribution in [1.82, 2.24) is 5.32 Å². The zero-order valence-corrected chi connectivity index (χ0v) is 11.2. The summed E-state index contributed by atoms with van der Waals surface area (Å²) in [6.45, 7) is 3.77. The third kappa shape index (κ3) is 7.74. The van der Waals surface area contributed by atoms with E-state index in [4.69, 9.17) is 9.47 Å². The number of ether oxygens (including phenoxy) is 2. The van der Waals surface area contributed by atoms with Crippen molar-refractivity contribution in [2.75, 3.05) is 26.4 Å². The molecule has 0 bridgehead atoms. The number of alkyl halides is 2. The van der Waals surface area contributed by atoms with Gasteiger partial charge < -0.3 is 14.8 Å². The van der Waals surface area contributed by atoms with E-state index in [0.29, 0.717) is 19.7 Å². The number of nitrogens with one attached hydrogen (secondary N) is 1. The SMILES string of the molecule is CCCOc1cccc(CNCCOCC(F)F)c1. The smallest absolute Gasteiger partial charge is 0.261 e. The summed E-state index contributed by atoms with van der Waals surface area (Å²) in [6.07, 6.45) is -1.42. The van der Waals surface area contributed by atoms with E-state index < -0.39 is 13.0 Å². The van der Waals surface area contributed by atoms with E-state index in [1.807, 2.05) is 24.3 Å². The minimum atomic E-state index is -2.40. The molecule has 0 saturated heterocycles. The van der Waals surface area contributed by atoms with Crippen molar-refractivity contribution in [1.29, 1.82) is 0 Å². The Morgan fingerprint density at radius 1 is 1.26 bits per heavy atom. The van der Waals surface area contributed by atoms with Gasteiger partial charge >= 0.3 is 0 Å². The predicted octanol–water partition coefficient (Wildman–Crippen LogP) is 2.85. The fourth-order valence-electron chi connectivity index (χ4n) is 1.51. The Bertz CT molecular complexity index is 348. The first kappa shape index (κ1) is 15.9. The van der Waals surface area contributed by atoms with Crippen LogP contribution in [0, 0.1) is 0 Å². The van der Waals surface area contributed by atoms with Crippen molar-refractivity contribution in [2.24, 2.45) is 0 Å². The van der Waals surface area contributed by atoms with Crippen LogP contribution in [0.15, 0.2) is 24.3 Å². The topological polar surface area (TPSA) is 30.5 Å². The molecule has 0 aliphatic carbocycles. The first-order valence-corrected chi connectivity index (χ1v) is 6.50. The van der Waals surface area contributed by atoms with E-state index >= 15 is 0 Å². The Kier molecular flexibility index (Phi) is 8.09. The molecule has 0 amide bonds. The molecule has 0 aromatic heterocycles. The van der Waals surface area contributed by atoms with Gasteiger partial charge in [-0.25, -0.2) is 8.78 Å². The standard InChI is InChI=1S/C14H21F2NO2/c1-2-7-19-13-5-3-4-12(9-13)10-17-6-8-18-11-14(15)16/h3-5,9,14,17H,2,6-8,10-11H2,1H3. The van der Waals surface area contributed by atoms with Crippen molar-refractivity contribution in [2.45, 2.75) is 26.3 Å². The van der Waals surface area contributed by atoms with E-state index in [-0.39, 0.29) is 6.61 Å². The van der Waals surface area contributed by atoms with Gasteiger partial charge in [-0.15, -0.1) is 0 Å². The summed E-state index contributed by atoms with van der Waals surface area (Å²) in [5.41, 5.74) is 1.10. The lowest BCUT2D eigenvalue weighted by Crippen LogP contribution is -2.20. The Balaban J connectivity index is 2.18. The minimum absolute atomic E-state index is 0.288. The summed E-state index contributed by atoms with van der Waals surface area (Å²) in [5, 5.41) is 3.13. The molecular formula is C14H21F2NO2. The number of hydrogen-bond donors (Lipinski definition) is 1. The first-order chi connectivity index (χ1) is 9.22. The molecule has 5 heteroatoms. The molecule has 0 aliphatic heterocycles. The molecule has 108 valence electrons. The lowest BCUT2D eigenvalue weighted by atomic mass is 10.2. The average Bonchev–Trinajstić information content (AvgIpc) is 2.40. The summed E-state index contributed by atoms with van der Waals surface area (Å²) < 4.78 is 33.9. The molecule has 0 atom stereocenters. The monoisotopic (exact) mass is 273 g/mol. The maximum absolute atomic E-state index is 11.8. The lowest BCUT2D eigenvalue weighted by Gasteiger charge is -2.08. The molecule has 1 aromatic carbocycles. The Morgan fingerprint density at radius 3 is 2.84 bits per heavy atom. The van der Waals surface area contributed by atoms with Crippen LogP contribution in [0.5, 0.6) is 5.75 Å². The molecule has 0 saturated carbocycles. The maximum atomic E-state index is 11.8. The summed E-state index contributed by atoms with van der Waals surface area (Å²) >= 11 is 0. The molecule has 1 aromatic rings. The number of hydrogen-bond acceptors (Lipinski definition) is 3. The van der Waals surface area contributed by atoms with Crippen molar-refractivity contribution in [3.05, 3.63) is 29.8 Å². The molecule has 19 heavy (non-hydrogen) atoms. The molecule has 0 radical (unpaired) electrons. The second-order valence-electron chi connectivity index (χ2n) is 4.14. The van der Waals surface area contributed by atoms with Gasteiger partial charge in [0, 0.05) is 13.1 Å². The highest BCUT2D eigenvalue weighted by molar-refractivity contribution is 5.28. The third-order valence-electron chi connectivity index (χ3n) is 2.37. The summed E-state index contributed by atoms with van der Waals surface area (Å²) in [6, 6.07) is 7.83. The van der Waals surface area contributed by atoms with Gasteiger partial charge in [0.15, 0.2) is 0 Å². The molecule has 0 aliphatic rings. The lowest BCUT2D eigenvalue weighted by molar-refractivity contribution is 0.0187. The van der Waals surface area contributed by atoms with Crippen LogP contribution in [-0.2, 0) is 11.3 Å². The van der Waals surface area contributed by atoms with E-state index in [9.17, 15) is 8.78 Å². The summed E-state index contributed by atoms with van der Waals surface area (Å²) in [7, 11) is 0. The Labute approximate surface area is 112 Å². The molecule has 0 heterocycles. The predicted molar refractivity (Wildman–Crippen MR) is 70.8 cm³/mol. The second-order valence-corrected chi connectivity index (χ2v) is 4.14. The first-order valence-electron chi connectivity index (χ1n) is 6.50. The van der Waals surface area contributed by atoms with Gasteiger partial charge in [-0.1, -0.05) is 19.1 Å². The van der Waals surface area contributed by atoms with Gasteiger partial charge in [0.05, 0.1) is 13.2 Å². The van der Waals surface area contributed by atoms with E-state index in [2.05, 4.69) is 12.2 Å². The third-order valence-corrected chi connectivity index (χ3v) is 2.37. The highest BCUT2D eigenvalue weighted by Gasteiger charge is 2.01. The largest absolute Gasteiger partial charge is 0.494 e. The summed E-state index contributed by atoms with van der Waals surface area (Å²) in [4.78, 5) is 0. The zero-order chi connectivity index (χ0) is 13.9. The van der Waals surface area contributed by atoms with Crippen molar-refractivity contribution >= 4 is 0 Å². The van der Waals surface area contributed by atoms with E-state index in [1.165, 1.54) is 0 Å². The fourth-order valence-corrected chi connectivity index (χ4v) is 1.51. The Hall–Kier alpha value is -1.20. The van der Waals surface area contributed by atoms with Crippen molar-refractivity contribution < 1.29 is 18.3 Å². The molecular weight excluding hydrogens is 252 g/mol. The van der Waals surface area contributed by atoms with Crippen LogP contribution in [0.4, 0.5) is 8.78 Å². The van der Waals surface area contributed by atoms with E-state index in [1.54, 1.807) is 0 Å². The molecule has 1 rings (SSSR count). The number of halogens is 2. The van der Waals surface area contributed by atoms with Crippen LogP contribution in [0.25, 0.3) is 0 Å². The molecule has 0 spiro atoms. The van der Waals surface area contributed by atoms with Crippen LogP contribution in [-0.4, -0.2) is 32.8 Å². The highest BCUT2D eigenvalue weighted by atomic mass is 19.3. The molecule has 0 unspecified atom stereocenters. The van der Waals surface area contributed by atoms with Gasteiger partial charge in [0.25, 0.3) is 6.43 Å². The Morgan fingerprint density at radius 2 is 2.11 bits per heavy atom. The molecule has 3 nitrogen and oxygen atoms in total. The maximum Gasteiger partial charge on any atom is 0.261 e. The molecule has 0 fully saturated rings. The van der Waals surface area contributed by atoms with Crippen LogP contribution in [0.2, 0.25) is 0 Å². The normalized spacial score (nSPS) is 10.9. The van der Waals surface area contributed by atoms with Gasteiger partial charge in [0.1, 0.15) is 12.4 Å². The van der Waals surface area contributed by atoms with Crippen molar-refractivity contribution in [3.63, 3.8) is 0 Å². The van der Waals surface area contributed by atoms with Crippen molar-refractivity contribution in [3.8, 4) is 5.75 Å². The van der Waals surface area contributed by atoms with Crippen LogP contribution in [0.3, 0.4) is 0 Å². The zero-order valence-electron chi connectivity index (χ0n) is 11.2. The van der Waals surface area contributed by atoms with Gasteiger partial charge in [-0.05, 0) is 24.1 Å². The van der Waals surface area contributed by atoms with Crippen LogP contribution < -0.4 is 10.1 Å². The number of benzene rings is 1.